The molecular formula is C20H28N4OS. The molecule has 140 valence electrons. The quantitative estimate of drug-likeness (QED) is 0.744. The first-order chi connectivity index (χ1) is 12.5. The van der Waals surface area contributed by atoms with Gasteiger partial charge in [0.05, 0.1) is 5.75 Å². The second-order valence-electron chi connectivity index (χ2n) is 7.10. The highest BCUT2D eigenvalue weighted by Gasteiger charge is 2.29. The van der Waals surface area contributed by atoms with Gasteiger partial charge in [-0.05, 0) is 64.2 Å². The van der Waals surface area contributed by atoms with Crippen molar-refractivity contribution < 1.29 is 4.79 Å². The molecule has 1 fully saturated rings. The lowest BCUT2D eigenvalue weighted by atomic mass is 9.98. The summed E-state index contributed by atoms with van der Waals surface area (Å²) in [5.74, 6) is 1.44. The minimum absolute atomic E-state index is 0.197. The number of aryl methyl sites for hydroxylation is 2. The van der Waals surface area contributed by atoms with Gasteiger partial charge in [-0.25, -0.2) is 0 Å². The molecule has 1 aromatic heterocycles. The molecule has 6 heteroatoms. The second kappa shape index (κ2) is 8.25. The van der Waals surface area contributed by atoms with Gasteiger partial charge in [0.2, 0.25) is 5.91 Å². The van der Waals surface area contributed by atoms with Crippen LogP contribution in [0.2, 0.25) is 0 Å². The first kappa shape index (κ1) is 19.0. The predicted octanol–water partition coefficient (Wildman–Crippen LogP) is 4.02. The normalized spacial score (nSPS) is 20.4. The van der Waals surface area contributed by atoms with Gasteiger partial charge in [-0.15, -0.1) is 10.2 Å². The Balaban J connectivity index is 1.73. The van der Waals surface area contributed by atoms with Gasteiger partial charge in [0, 0.05) is 17.8 Å². The summed E-state index contributed by atoms with van der Waals surface area (Å²) in [4.78, 5) is 14.8. The summed E-state index contributed by atoms with van der Waals surface area (Å²) in [6.45, 7) is 8.40. The third-order valence-electron chi connectivity index (χ3n) is 5.20. The molecular weight excluding hydrogens is 344 g/mol. The van der Waals surface area contributed by atoms with Gasteiger partial charge in [-0.3, -0.25) is 9.36 Å². The summed E-state index contributed by atoms with van der Waals surface area (Å²) < 4.78 is 2.03. The number of likely N-dealkylation sites (tertiary alicyclic amines) is 1. The van der Waals surface area contributed by atoms with Crippen molar-refractivity contribution in [2.45, 2.75) is 70.6 Å². The number of nitrogens with zero attached hydrogens (tertiary/aromatic N) is 4. The number of thioether (sulfide) groups is 1. The lowest BCUT2D eigenvalue weighted by Crippen LogP contribution is -2.48. The Morgan fingerprint density at radius 3 is 2.42 bits per heavy atom. The highest BCUT2D eigenvalue weighted by Crippen LogP contribution is 2.26. The van der Waals surface area contributed by atoms with Crippen molar-refractivity contribution in [3.8, 4) is 5.69 Å². The lowest BCUT2D eigenvalue weighted by Gasteiger charge is -2.39. The zero-order valence-electron chi connectivity index (χ0n) is 16.1. The molecule has 1 amide bonds. The van der Waals surface area contributed by atoms with Crippen LogP contribution in [0.4, 0.5) is 0 Å². The molecule has 0 saturated carbocycles. The molecule has 26 heavy (non-hydrogen) atoms. The maximum absolute atomic E-state index is 12.8. The van der Waals surface area contributed by atoms with Crippen LogP contribution < -0.4 is 0 Å². The summed E-state index contributed by atoms with van der Waals surface area (Å²) in [5.41, 5.74) is 2.34. The van der Waals surface area contributed by atoms with E-state index in [0.717, 1.165) is 35.9 Å². The first-order valence-corrected chi connectivity index (χ1v) is 10.4. The Kier molecular flexibility index (Phi) is 6.01. The number of hydrogen-bond donors (Lipinski definition) is 0. The fraction of sp³-hybridized carbons (Fsp3) is 0.550. The van der Waals surface area contributed by atoms with Gasteiger partial charge in [0.15, 0.2) is 5.16 Å². The van der Waals surface area contributed by atoms with Crippen LogP contribution in [0.3, 0.4) is 0 Å². The Morgan fingerprint density at radius 1 is 1.15 bits per heavy atom. The Morgan fingerprint density at radius 2 is 1.81 bits per heavy atom. The SMILES string of the molecule is CCc1ccc(-n2c(C)nnc2SCC(=O)N2[C@@H](C)CCC[C@@H]2C)cc1. The summed E-state index contributed by atoms with van der Waals surface area (Å²) in [5, 5.41) is 9.29. The average Bonchev–Trinajstić information content (AvgIpc) is 3.00. The molecule has 1 aliphatic heterocycles. The van der Waals surface area contributed by atoms with Gasteiger partial charge in [0.25, 0.3) is 0 Å². The largest absolute Gasteiger partial charge is 0.337 e. The molecule has 5 nitrogen and oxygen atoms in total. The topological polar surface area (TPSA) is 51.0 Å². The summed E-state index contributed by atoms with van der Waals surface area (Å²) >= 11 is 1.48. The van der Waals surface area contributed by atoms with E-state index in [2.05, 4.69) is 60.1 Å². The Hall–Kier alpha value is -1.82. The van der Waals surface area contributed by atoms with Crippen LogP contribution >= 0.6 is 11.8 Å². The van der Waals surface area contributed by atoms with E-state index in [1.807, 2.05) is 11.5 Å². The molecule has 2 heterocycles. The van der Waals surface area contributed by atoms with Crippen LogP contribution in [0.25, 0.3) is 5.69 Å². The van der Waals surface area contributed by atoms with Crippen molar-refractivity contribution in [1.82, 2.24) is 19.7 Å². The van der Waals surface area contributed by atoms with Gasteiger partial charge in [-0.1, -0.05) is 30.8 Å². The van der Waals surface area contributed by atoms with E-state index in [0.29, 0.717) is 17.8 Å². The molecule has 1 saturated heterocycles. The van der Waals surface area contributed by atoms with Crippen molar-refractivity contribution in [1.29, 1.82) is 0 Å². The lowest BCUT2D eigenvalue weighted by molar-refractivity contribution is -0.134. The van der Waals surface area contributed by atoms with Crippen LogP contribution in [0.1, 0.15) is 51.4 Å². The van der Waals surface area contributed by atoms with E-state index in [1.54, 1.807) is 0 Å². The van der Waals surface area contributed by atoms with Gasteiger partial charge in [0.1, 0.15) is 5.82 Å². The molecule has 3 rings (SSSR count). The summed E-state index contributed by atoms with van der Waals surface area (Å²) in [7, 11) is 0. The summed E-state index contributed by atoms with van der Waals surface area (Å²) in [6.07, 6.45) is 4.42. The Labute approximate surface area is 160 Å². The minimum Gasteiger partial charge on any atom is -0.337 e. The number of rotatable bonds is 5. The standard InChI is InChI=1S/C20H28N4OS/c1-5-17-9-11-18(12-10-17)24-16(4)21-22-20(24)26-13-19(25)23-14(2)7-6-8-15(23)3/h9-12,14-15H,5-8,13H2,1-4H3/t14-,15-/m0/s1. The van der Waals surface area contributed by atoms with Crippen molar-refractivity contribution >= 4 is 17.7 Å². The third kappa shape index (κ3) is 3.95. The molecule has 0 bridgehead atoms. The van der Waals surface area contributed by atoms with E-state index in [1.165, 1.54) is 23.7 Å². The zero-order chi connectivity index (χ0) is 18.7. The molecule has 0 N–H and O–H groups in total. The number of carbonyl (C=O) groups excluding carboxylic acids is 1. The van der Waals surface area contributed by atoms with Crippen LogP contribution in [0, 0.1) is 6.92 Å². The molecule has 2 aromatic rings. The highest BCUT2D eigenvalue weighted by atomic mass is 32.2. The highest BCUT2D eigenvalue weighted by molar-refractivity contribution is 7.99. The number of amides is 1. The molecule has 0 spiro atoms. The fourth-order valence-electron chi connectivity index (χ4n) is 3.73. The maximum atomic E-state index is 12.8. The monoisotopic (exact) mass is 372 g/mol. The average molecular weight is 373 g/mol. The predicted molar refractivity (Wildman–Crippen MR) is 106 cm³/mol. The van der Waals surface area contributed by atoms with E-state index < -0.39 is 0 Å². The molecule has 1 aromatic carbocycles. The van der Waals surface area contributed by atoms with E-state index in [9.17, 15) is 4.79 Å². The van der Waals surface area contributed by atoms with Crippen LogP contribution in [0.15, 0.2) is 29.4 Å². The smallest absolute Gasteiger partial charge is 0.233 e. The number of piperidine rings is 1. The van der Waals surface area contributed by atoms with Crippen LogP contribution in [-0.4, -0.2) is 43.4 Å². The fourth-order valence-corrected chi connectivity index (χ4v) is 4.59. The van der Waals surface area contributed by atoms with Crippen molar-refractivity contribution in [2.24, 2.45) is 0 Å². The first-order valence-electron chi connectivity index (χ1n) is 9.46. The van der Waals surface area contributed by atoms with E-state index >= 15 is 0 Å². The second-order valence-corrected chi connectivity index (χ2v) is 8.05. The minimum atomic E-state index is 0.197. The van der Waals surface area contributed by atoms with Crippen LogP contribution in [0.5, 0.6) is 0 Å². The van der Waals surface area contributed by atoms with E-state index in [4.69, 9.17) is 0 Å². The van der Waals surface area contributed by atoms with Gasteiger partial charge in [-0.2, -0.15) is 0 Å². The number of hydrogen-bond acceptors (Lipinski definition) is 4. The molecule has 2 atom stereocenters. The maximum Gasteiger partial charge on any atom is 0.233 e. The molecule has 0 radical (unpaired) electrons. The van der Waals surface area contributed by atoms with Gasteiger partial charge < -0.3 is 4.90 Å². The third-order valence-corrected chi connectivity index (χ3v) is 6.12. The summed E-state index contributed by atoms with van der Waals surface area (Å²) in [6, 6.07) is 9.10. The van der Waals surface area contributed by atoms with Crippen molar-refractivity contribution in [3.05, 3.63) is 35.7 Å². The molecule has 0 unspecified atom stereocenters. The number of benzene rings is 1. The Bertz CT molecular complexity index is 746. The number of aromatic nitrogens is 3. The van der Waals surface area contributed by atoms with Gasteiger partial charge >= 0.3 is 0 Å². The zero-order valence-corrected chi connectivity index (χ0v) is 16.9. The number of carbonyl (C=O) groups is 1. The molecule has 1 aliphatic rings. The van der Waals surface area contributed by atoms with Crippen LogP contribution in [-0.2, 0) is 11.2 Å². The van der Waals surface area contributed by atoms with E-state index in [-0.39, 0.29) is 5.91 Å². The van der Waals surface area contributed by atoms with Crippen molar-refractivity contribution in [2.75, 3.05) is 5.75 Å². The van der Waals surface area contributed by atoms with Crippen molar-refractivity contribution in [3.63, 3.8) is 0 Å². The molecule has 0 aliphatic carbocycles.